The molecule has 0 spiro atoms. The van der Waals surface area contributed by atoms with Crippen molar-refractivity contribution in [2.24, 2.45) is 0 Å². The van der Waals surface area contributed by atoms with Crippen molar-refractivity contribution in [2.75, 3.05) is 0 Å². The van der Waals surface area contributed by atoms with E-state index in [1.165, 1.54) is 6.07 Å². The average molecular weight is 361 g/mol. The van der Waals surface area contributed by atoms with Gasteiger partial charge in [-0.15, -0.1) is 0 Å². The summed E-state index contributed by atoms with van der Waals surface area (Å²) in [7, 11) is 0. The van der Waals surface area contributed by atoms with Crippen LogP contribution in [0.1, 0.15) is 5.56 Å². The van der Waals surface area contributed by atoms with E-state index in [2.05, 4.69) is 20.9 Å². The Morgan fingerprint density at radius 3 is 2.20 bits per heavy atom. The highest BCUT2D eigenvalue weighted by Crippen LogP contribution is 2.36. The molecular formula is C14H6BrClF3N. The second-order valence-electron chi connectivity index (χ2n) is 4.32. The zero-order valence-corrected chi connectivity index (χ0v) is 12.1. The van der Waals surface area contributed by atoms with E-state index in [0.29, 0.717) is 21.8 Å². The van der Waals surface area contributed by atoms with Gasteiger partial charge >= 0.3 is 6.18 Å². The summed E-state index contributed by atoms with van der Waals surface area (Å²) in [5.41, 5.74) is 0.353. The maximum absolute atomic E-state index is 12.8. The van der Waals surface area contributed by atoms with Gasteiger partial charge in [0.1, 0.15) is 0 Å². The smallest absolute Gasteiger partial charge is 0.248 e. The zero-order chi connectivity index (χ0) is 14.5. The molecule has 20 heavy (non-hydrogen) atoms. The van der Waals surface area contributed by atoms with Crippen LogP contribution in [0.3, 0.4) is 0 Å². The van der Waals surface area contributed by atoms with Gasteiger partial charge in [0.2, 0.25) is 0 Å². The summed E-state index contributed by atoms with van der Waals surface area (Å²) in [5, 5.41) is 1.19. The minimum atomic E-state index is -4.40. The number of nitrogens with zero attached hydrogens (tertiary/aromatic N) is 1. The predicted octanol–water partition coefficient (Wildman–Crippen LogP) is 5.82. The Hall–Kier alpha value is -1.33. The molecule has 0 bridgehead atoms. The molecule has 3 rings (SSSR count). The molecule has 0 amide bonds. The maximum atomic E-state index is 12.8. The summed E-state index contributed by atoms with van der Waals surface area (Å²) >= 11 is 9.55. The zero-order valence-electron chi connectivity index (χ0n) is 9.80. The van der Waals surface area contributed by atoms with Gasteiger partial charge in [0, 0.05) is 15.2 Å². The lowest BCUT2D eigenvalue weighted by atomic mass is 10.1. The Kier molecular flexibility index (Phi) is 3.14. The third-order valence-corrected chi connectivity index (χ3v) is 3.90. The molecule has 0 unspecified atom stereocenters. The number of hydrogen-bond donors (Lipinski definition) is 0. The number of alkyl halides is 3. The van der Waals surface area contributed by atoms with E-state index in [-0.39, 0.29) is 5.02 Å². The normalized spacial score (nSPS) is 12.2. The number of rotatable bonds is 0. The molecule has 1 aromatic heterocycles. The molecule has 0 aliphatic rings. The lowest BCUT2D eigenvalue weighted by molar-refractivity contribution is -0.137. The van der Waals surface area contributed by atoms with Crippen LogP contribution in [0.25, 0.3) is 21.8 Å². The molecule has 0 fully saturated rings. The van der Waals surface area contributed by atoms with Crippen LogP contribution in [0.4, 0.5) is 13.2 Å². The van der Waals surface area contributed by atoms with E-state index in [4.69, 9.17) is 11.6 Å². The fraction of sp³-hybridized carbons (Fsp3) is 0.0714. The van der Waals surface area contributed by atoms with Crippen molar-refractivity contribution in [3.8, 4) is 0 Å². The van der Waals surface area contributed by atoms with E-state index in [9.17, 15) is 13.2 Å². The van der Waals surface area contributed by atoms with Gasteiger partial charge in [-0.25, -0.2) is 4.98 Å². The average Bonchev–Trinajstić information content (AvgIpc) is 2.38. The van der Waals surface area contributed by atoms with E-state index in [1.807, 2.05) is 6.07 Å². The van der Waals surface area contributed by atoms with Crippen LogP contribution in [0.2, 0.25) is 5.02 Å². The van der Waals surface area contributed by atoms with Crippen LogP contribution in [-0.2, 0) is 6.18 Å². The predicted molar refractivity (Wildman–Crippen MR) is 77.0 cm³/mol. The molecule has 0 atom stereocenters. The minimum Gasteiger partial charge on any atom is -0.248 e. The summed E-state index contributed by atoms with van der Waals surface area (Å²) in [5.74, 6) is 0. The Balaban J connectivity index is 2.39. The van der Waals surface area contributed by atoms with Gasteiger partial charge in [0.05, 0.1) is 21.6 Å². The van der Waals surface area contributed by atoms with Crippen molar-refractivity contribution in [1.29, 1.82) is 0 Å². The van der Waals surface area contributed by atoms with Gasteiger partial charge in [-0.05, 0) is 36.4 Å². The summed E-state index contributed by atoms with van der Waals surface area (Å²) < 4.78 is 39.1. The van der Waals surface area contributed by atoms with E-state index >= 15 is 0 Å². The van der Waals surface area contributed by atoms with Crippen molar-refractivity contribution >= 4 is 49.3 Å². The quantitative estimate of drug-likeness (QED) is 0.460. The SMILES string of the molecule is FC(F)(F)c1ccc2nc3ccc(Br)cc3c(Cl)c2c1. The highest BCUT2D eigenvalue weighted by molar-refractivity contribution is 9.10. The molecule has 0 saturated heterocycles. The first kappa shape index (κ1) is 13.6. The van der Waals surface area contributed by atoms with E-state index in [0.717, 1.165) is 16.6 Å². The van der Waals surface area contributed by atoms with Crippen molar-refractivity contribution in [1.82, 2.24) is 4.98 Å². The Morgan fingerprint density at radius 1 is 0.950 bits per heavy atom. The topological polar surface area (TPSA) is 12.9 Å². The Bertz CT molecular complexity index is 830. The molecule has 102 valence electrons. The van der Waals surface area contributed by atoms with Gasteiger partial charge in [-0.2, -0.15) is 13.2 Å². The number of benzene rings is 2. The fourth-order valence-electron chi connectivity index (χ4n) is 2.04. The Morgan fingerprint density at radius 2 is 1.55 bits per heavy atom. The van der Waals surface area contributed by atoms with E-state index in [1.54, 1.807) is 12.1 Å². The van der Waals surface area contributed by atoms with Crippen molar-refractivity contribution in [2.45, 2.75) is 6.18 Å². The van der Waals surface area contributed by atoms with Crippen molar-refractivity contribution in [3.05, 3.63) is 51.5 Å². The molecule has 0 aliphatic heterocycles. The van der Waals surface area contributed by atoms with Gasteiger partial charge in [0.25, 0.3) is 0 Å². The lowest BCUT2D eigenvalue weighted by Crippen LogP contribution is -2.04. The first-order valence-corrected chi connectivity index (χ1v) is 6.79. The second-order valence-corrected chi connectivity index (χ2v) is 5.61. The first-order valence-electron chi connectivity index (χ1n) is 5.62. The maximum Gasteiger partial charge on any atom is 0.416 e. The van der Waals surface area contributed by atoms with Gasteiger partial charge < -0.3 is 0 Å². The molecule has 1 heterocycles. The monoisotopic (exact) mass is 359 g/mol. The molecular weight excluding hydrogens is 355 g/mol. The van der Waals surface area contributed by atoms with Crippen LogP contribution in [-0.4, -0.2) is 4.98 Å². The van der Waals surface area contributed by atoms with Gasteiger partial charge in [-0.3, -0.25) is 0 Å². The summed E-state index contributed by atoms with van der Waals surface area (Å²) in [6.07, 6.45) is -4.40. The molecule has 6 heteroatoms. The van der Waals surface area contributed by atoms with Crippen LogP contribution in [0, 0.1) is 0 Å². The number of hydrogen-bond acceptors (Lipinski definition) is 1. The highest BCUT2D eigenvalue weighted by atomic mass is 79.9. The highest BCUT2D eigenvalue weighted by Gasteiger charge is 2.30. The molecule has 1 nitrogen and oxygen atoms in total. The van der Waals surface area contributed by atoms with Crippen molar-refractivity contribution in [3.63, 3.8) is 0 Å². The van der Waals surface area contributed by atoms with Crippen LogP contribution in [0.15, 0.2) is 40.9 Å². The van der Waals surface area contributed by atoms with Crippen molar-refractivity contribution < 1.29 is 13.2 Å². The van der Waals surface area contributed by atoms with Gasteiger partial charge in [0.15, 0.2) is 0 Å². The number of fused-ring (bicyclic) bond motifs is 2. The largest absolute Gasteiger partial charge is 0.416 e. The Labute approximate surface area is 125 Å². The number of aromatic nitrogens is 1. The molecule has 0 saturated carbocycles. The molecule has 3 aromatic rings. The number of pyridine rings is 1. The fourth-order valence-corrected chi connectivity index (χ4v) is 2.71. The third-order valence-electron chi connectivity index (χ3n) is 3.00. The van der Waals surface area contributed by atoms with Crippen LogP contribution in [0.5, 0.6) is 0 Å². The standard InChI is InChI=1S/C14H6BrClF3N/c15-8-2-4-12-10(6-8)13(16)9-5-7(14(17,18)19)1-3-11(9)20-12/h1-6H. The molecule has 2 aromatic carbocycles. The second kappa shape index (κ2) is 4.60. The molecule has 0 radical (unpaired) electrons. The number of halogens is 5. The first-order chi connectivity index (χ1) is 9.36. The van der Waals surface area contributed by atoms with Gasteiger partial charge in [-0.1, -0.05) is 27.5 Å². The van der Waals surface area contributed by atoms with Crippen LogP contribution >= 0.6 is 27.5 Å². The minimum absolute atomic E-state index is 0.275. The van der Waals surface area contributed by atoms with E-state index < -0.39 is 11.7 Å². The summed E-state index contributed by atoms with van der Waals surface area (Å²) in [6.45, 7) is 0. The molecule has 0 aliphatic carbocycles. The summed E-state index contributed by atoms with van der Waals surface area (Å²) in [6, 6.07) is 8.70. The van der Waals surface area contributed by atoms with Crippen LogP contribution < -0.4 is 0 Å². The summed E-state index contributed by atoms with van der Waals surface area (Å²) in [4.78, 5) is 4.33. The molecule has 0 N–H and O–H groups in total. The third kappa shape index (κ3) is 2.25. The lowest BCUT2D eigenvalue weighted by Gasteiger charge is -2.10.